The number of piperidine rings is 1. The number of fused-ring (bicyclic) bond motifs is 2. The summed E-state index contributed by atoms with van der Waals surface area (Å²) in [5.74, 6) is 0. The van der Waals surface area contributed by atoms with Crippen molar-refractivity contribution in [2.75, 3.05) is 18.0 Å². The number of sulfonamides is 1. The molecule has 4 heterocycles. The Bertz CT molecular complexity index is 1240. The maximum atomic E-state index is 13.2. The van der Waals surface area contributed by atoms with Gasteiger partial charge in [-0.25, -0.2) is 13.4 Å². The van der Waals surface area contributed by atoms with Gasteiger partial charge in [0.2, 0.25) is 0 Å². The van der Waals surface area contributed by atoms with Gasteiger partial charge in [0.05, 0.1) is 18.2 Å². The second-order valence-corrected chi connectivity index (χ2v) is 10.3. The third-order valence-electron chi connectivity index (χ3n) is 5.77. The number of nitrogens with zero attached hydrogens (tertiary/aromatic N) is 4. The molecule has 11 heteroatoms. The molecule has 0 spiro atoms. The summed E-state index contributed by atoms with van der Waals surface area (Å²) in [5, 5.41) is 4.00. The molecule has 1 atom stereocenters. The summed E-state index contributed by atoms with van der Waals surface area (Å²) < 4.78 is 39.7. The molecule has 0 saturated carbocycles. The largest absolute Gasteiger partial charge is 0.356 e. The van der Waals surface area contributed by atoms with Crippen molar-refractivity contribution in [3.8, 4) is 0 Å². The van der Waals surface area contributed by atoms with Gasteiger partial charge in [0.15, 0.2) is 23.1 Å². The first-order valence-electron chi connectivity index (χ1n) is 9.82. The summed E-state index contributed by atoms with van der Waals surface area (Å²) in [6.07, 6.45) is 4.00. The zero-order valence-electron chi connectivity index (χ0n) is 16.3. The van der Waals surface area contributed by atoms with Crippen molar-refractivity contribution in [2.24, 2.45) is 0 Å². The molecule has 0 radical (unpaired) electrons. The van der Waals surface area contributed by atoms with Crippen LogP contribution >= 0.6 is 15.9 Å². The fourth-order valence-corrected chi connectivity index (χ4v) is 6.25. The Morgan fingerprint density at radius 3 is 2.77 bits per heavy atom. The van der Waals surface area contributed by atoms with Gasteiger partial charge < -0.3 is 14.2 Å². The summed E-state index contributed by atoms with van der Waals surface area (Å²) in [6, 6.07) is 7.44. The van der Waals surface area contributed by atoms with E-state index in [0.717, 1.165) is 22.0 Å². The average molecular weight is 507 g/mol. The molecular formula is C20H19BrN4O5S. The zero-order valence-corrected chi connectivity index (χ0v) is 18.8. The Morgan fingerprint density at radius 1 is 1.19 bits per heavy atom. The molecule has 5 rings (SSSR count). The van der Waals surface area contributed by atoms with E-state index in [2.05, 4.69) is 26.1 Å². The van der Waals surface area contributed by atoms with Gasteiger partial charge in [0, 0.05) is 47.1 Å². The first-order valence-corrected chi connectivity index (χ1v) is 12.1. The Balaban J connectivity index is 1.39. The molecule has 2 aliphatic rings. The third-order valence-corrected chi connectivity index (χ3v) is 8.12. The molecule has 9 nitrogen and oxygen atoms in total. The number of carbonyl (C=O) groups excluding carboxylic acids is 1. The second-order valence-electron chi connectivity index (χ2n) is 7.51. The van der Waals surface area contributed by atoms with Gasteiger partial charge in [-0.1, -0.05) is 21.1 Å². The summed E-state index contributed by atoms with van der Waals surface area (Å²) >= 11 is 3.47. The molecule has 1 saturated heterocycles. The van der Waals surface area contributed by atoms with Crippen LogP contribution in [0.4, 0.5) is 5.69 Å². The molecular weight excluding hydrogens is 488 g/mol. The van der Waals surface area contributed by atoms with Crippen molar-refractivity contribution >= 4 is 48.9 Å². The SMILES string of the molecule is O=CC1OCc2cc(Br)ccc2N1C1CCN(S(=O)(=O)c2nccc3oncc23)CC1. The lowest BCUT2D eigenvalue weighted by Crippen LogP contribution is -2.53. The Kier molecular flexibility index (Phi) is 5.29. The lowest BCUT2D eigenvalue weighted by molar-refractivity contribution is -0.120. The number of pyridine rings is 1. The van der Waals surface area contributed by atoms with Crippen molar-refractivity contribution < 1.29 is 22.5 Å². The smallest absolute Gasteiger partial charge is 0.261 e. The van der Waals surface area contributed by atoms with Gasteiger partial charge in [-0.3, -0.25) is 4.79 Å². The lowest BCUT2D eigenvalue weighted by atomic mass is 10.0. The van der Waals surface area contributed by atoms with Crippen LogP contribution in [0.25, 0.3) is 11.0 Å². The summed E-state index contributed by atoms with van der Waals surface area (Å²) in [5.41, 5.74) is 2.32. The Labute approximate surface area is 187 Å². The lowest BCUT2D eigenvalue weighted by Gasteiger charge is -2.44. The van der Waals surface area contributed by atoms with E-state index in [1.54, 1.807) is 6.07 Å². The van der Waals surface area contributed by atoms with E-state index in [4.69, 9.17) is 9.26 Å². The van der Waals surface area contributed by atoms with E-state index in [1.807, 2.05) is 23.1 Å². The fourth-order valence-electron chi connectivity index (χ4n) is 4.28. The van der Waals surface area contributed by atoms with Gasteiger partial charge in [0.25, 0.3) is 10.0 Å². The van der Waals surface area contributed by atoms with E-state index >= 15 is 0 Å². The highest BCUT2D eigenvalue weighted by molar-refractivity contribution is 9.10. The van der Waals surface area contributed by atoms with Crippen LogP contribution in [0.1, 0.15) is 18.4 Å². The van der Waals surface area contributed by atoms with Crippen molar-refractivity contribution in [1.82, 2.24) is 14.4 Å². The molecule has 31 heavy (non-hydrogen) atoms. The molecule has 0 N–H and O–H groups in total. The number of anilines is 1. The predicted molar refractivity (Wildman–Crippen MR) is 115 cm³/mol. The number of halogens is 1. The molecule has 162 valence electrons. The van der Waals surface area contributed by atoms with Crippen LogP contribution in [0.3, 0.4) is 0 Å². The van der Waals surface area contributed by atoms with E-state index in [9.17, 15) is 13.2 Å². The van der Waals surface area contributed by atoms with Crippen LogP contribution in [-0.4, -0.2) is 54.5 Å². The molecule has 2 aromatic heterocycles. The fraction of sp³-hybridized carbons (Fsp3) is 0.350. The minimum atomic E-state index is -3.80. The first kappa shape index (κ1) is 20.6. The second kappa shape index (κ2) is 7.97. The first-order chi connectivity index (χ1) is 15.0. The van der Waals surface area contributed by atoms with Gasteiger partial charge in [-0.15, -0.1) is 0 Å². The quantitative estimate of drug-likeness (QED) is 0.497. The number of hydrogen-bond donors (Lipinski definition) is 0. The number of rotatable bonds is 4. The van der Waals surface area contributed by atoms with E-state index < -0.39 is 16.3 Å². The zero-order chi connectivity index (χ0) is 21.6. The number of benzene rings is 1. The number of carbonyl (C=O) groups is 1. The van der Waals surface area contributed by atoms with Gasteiger partial charge in [-0.05, 0) is 31.0 Å². The third kappa shape index (κ3) is 3.55. The number of hydrogen-bond acceptors (Lipinski definition) is 8. The van der Waals surface area contributed by atoms with Crippen LogP contribution in [0, 0.1) is 0 Å². The van der Waals surface area contributed by atoms with Crippen LogP contribution in [0.15, 0.2) is 50.7 Å². The minimum Gasteiger partial charge on any atom is -0.356 e. The van der Waals surface area contributed by atoms with Crippen LogP contribution in [-0.2, 0) is 26.2 Å². The molecule has 1 fully saturated rings. The van der Waals surface area contributed by atoms with E-state index in [1.165, 1.54) is 16.7 Å². The summed E-state index contributed by atoms with van der Waals surface area (Å²) in [7, 11) is -3.80. The molecule has 1 aromatic carbocycles. The molecule has 0 amide bonds. The van der Waals surface area contributed by atoms with Gasteiger partial charge in [0.1, 0.15) is 0 Å². The Morgan fingerprint density at radius 2 is 2.00 bits per heavy atom. The van der Waals surface area contributed by atoms with Crippen molar-refractivity contribution in [3.05, 3.63) is 46.7 Å². The highest BCUT2D eigenvalue weighted by Gasteiger charge is 2.38. The minimum absolute atomic E-state index is 0.0266. The highest BCUT2D eigenvalue weighted by Crippen LogP contribution is 2.36. The predicted octanol–water partition coefficient (Wildman–Crippen LogP) is 2.70. The number of aromatic nitrogens is 2. The normalized spacial score (nSPS) is 20.7. The molecule has 0 aliphatic carbocycles. The average Bonchev–Trinajstić information content (AvgIpc) is 3.27. The van der Waals surface area contributed by atoms with Crippen molar-refractivity contribution in [2.45, 2.75) is 36.7 Å². The summed E-state index contributed by atoms with van der Waals surface area (Å²) in [6.45, 7) is 0.977. The number of ether oxygens (including phenoxy) is 1. The topological polar surface area (TPSA) is 106 Å². The van der Waals surface area contributed by atoms with Gasteiger partial charge >= 0.3 is 0 Å². The highest BCUT2D eigenvalue weighted by atomic mass is 79.9. The van der Waals surface area contributed by atoms with E-state index in [0.29, 0.717) is 43.5 Å². The summed E-state index contributed by atoms with van der Waals surface area (Å²) in [4.78, 5) is 17.8. The molecule has 3 aromatic rings. The molecule has 1 unspecified atom stereocenters. The Hall–Kier alpha value is -2.34. The van der Waals surface area contributed by atoms with Crippen LogP contribution in [0.2, 0.25) is 0 Å². The standard InChI is InChI=1S/C20H19BrN4O5S/c21-14-1-2-17-13(9-14)12-29-19(11-26)25(17)15-4-7-24(8-5-15)31(27,28)20-16-10-23-30-18(16)3-6-22-20/h1-3,6,9-11,15,19H,4-5,7-8,12H2. The monoisotopic (exact) mass is 506 g/mol. The van der Waals surface area contributed by atoms with Crippen LogP contribution in [0.5, 0.6) is 0 Å². The van der Waals surface area contributed by atoms with Crippen LogP contribution < -0.4 is 4.90 Å². The number of aldehydes is 1. The van der Waals surface area contributed by atoms with Gasteiger partial charge in [-0.2, -0.15) is 4.31 Å². The van der Waals surface area contributed by atoms with E-state index in [-0.39, 0.29) is 11.1 Å². The van der Waals surface area contributed by atoms with Crippen molar-refractivity contribution in [3.63, 3.8) is 0 Å². The molecule has 0 bridgehead atoms. The van der Waals surface area contributed by atoms with Crippen molar-refractivity contribution in [1.29, 1.82) is 0 Å². The molecule has 2 aliphatic heterocycles. The maximum absolute atomic E-state index is 13.2. The maximum Gasteiger partial charge on any atom is 0.261 e.